The first-order valence-electron chi connectivity index (χ1n) is 10.4. The van der Waals surface area contributed by atoms with Gasteiger partial charge < -0.3 is 25.0 Å². The quantitative estimate of drug-likeness (QED) is 0.227. The molecule has 1 heterocycles. The highest BCUT2D eigenvalue weighted by Crippen LogP contribution is 2.33. The SMILES string of the molecule is CNc1cc(OCc2noc(-c3cc(F)cc(C(F)(F)F)c3)n2)ccc1C(=O)Nc1ccc(O)cc1. The molecule has 3 aromatic carbocycles. The first-order valence-corrected chi connectivity index (χ1v) is 10.4. The standard InChI is InChI=1S/C24H18F4N4O4/c1-29-20-11-18(6-7-19(20)22(34)30-16-2-4-17(33)5-3-16)35-12-21-31-23(36-32-21)13-8-14(24(26,27)28)10-15(25)9-13/h2-11,29,33H,12H2,1H3,(H,30,34). The number of phenols is 1. The smallest absolute Gasteiger partial charge is 0.416 e. The summed E-state index contributed by atoms with van der Waals surface area (Å²) < 4.78 is 63.1. The third-order valence-corrected chi connectivity index (χ3v) is 4.94. The number of hydrogen-bond donors (Lipinski definition) is 3. The lowest BCUT2D eigenvalue weighted by atomic mass is 10.1. The number of anilines is 2. The normalized spacial score (nSPS) is 11.2. The molecule has 8 nitrogen and oxygen atoms in total. The number of phenolic OH excluding ortho intramolecular Hbond substituents is 1. The van der Waals surface area contributed by atoms with Crippen molar-refractivity contribution >= 4 is 17.3 Å². The highest BCUT2D eigenvalue weighted by Gasteiger charge is 2.32. The van der Waals surface area contributed by atoms with Crippen LogP contribution in [0.25, 0.3) is 11.5 Å². The molecule has 1 aromatic heterocycles. The van der Waals surface area contributed by atoms with Gasteiger partial charge in [-0.3, -0.25) is 4.79 Å². The van der Waals surface area contributed by atoms with Crippen molar-refractivity contribution in [1.82, 2.24) is 10.1 Å². The fraction of sp³-hybridized carbons (Fsp3) is 0.125. The predicted molar refractivity (Wildman–Crippen MR) is 121 cm³/mol. The van der Waals surface area contributed by atoms with E-state index in [4.69, 9.17) is 9.26 Å². The van der Waals surface area contributed by atoms with Crippen molar-refractivity contribution in [3.05, 3.63) is 83.4 Å². The monoisotopic (exact) mass is 502 g/mol. The lowest BCUT2D eigenvalue weighted by molar-refractivity contribution is -0.137. The van der Waals surface area contributed by atoms with E-state index in [1.165, 1.54) is 24.3 Å². The molecule has 186 valence electrons. The zero-order valence-electron chi connectivity index (χ0n) is 18.6. The van der Waals surface area contributed by atoms with Gasteiger partial charge in [0.05, 0.1) is 16.8 Å². The Bertz CT molecular complexity index is 1390. The molecule has 0 radical (unpaired) electrons. The summed E-state index contributed by atoms with van der Waals surface area (Å²) in [6.45, 7) is -0.201. The molecule has 0 bridgehead atoms. The number of carbonyl (C=O) groups excluding carboxylic acids is 1. The number of nitrogens with one attached hydrogen (secondary N) is 2. The van der Waals surface area contributed by atoms with Gasteiger partial charge in [0.1, 0.15) is 17.3 Å². The minimum absolute atomic E-state index is 0.0166. The van der Waals surface area contributed by atoms with Crippen molar-refractivity contribution < 1.29 is 36.7 Å². The Morgan fingerprint density at radius 1 is 1.08 bits per heavy atom. The summed E-state index contributed by atoms with van der Waals surface area (Å²) in [4.78, 5) is 16.6. The van der Waals surface area contributed by atoms with E-state index in [1.54, 1.807) is 25.2 Å². The van der Waals surface area contributed by atoms with Crippen LogP contribution in [0.4, 0.5) is 28.9 Å². The number of carbonyl (C=O) groups is 1. The van der Waals surface area contributed by atoms with Crippen LogP contribution in [0.1, 0.15) is 21.7 Å². The van der Waals surface area contributed by atoms with Gasteiger partial charge in [-0.1, -0.05) is 5.16 Å². The molecule has 12 heteroatoms. The number of ether oxygens (including phenoxy) is 1. The third-order valence-electron chi connectivity index (χ3n) is 4.94. The second-order valence-corrected chi connectivity index (χ2v) is 7.49. The Balaban J connectivity index is 1.45. The van der Waals surface area contributed by atoms with E-state index in [2.05, 4.69) is 20.8 Å². The Morgan fingerprint density at radius 2 is 1.83 bits per heavy atom. The van der Waals surface area contributed by atoms with Crippen LogP contribution in [0, 0.1) is 5.82 Å². The van der Waals surface area contributed by atoms with Gasteiger partial charge in [0.2, 0.25) is 5.82 Å². The molecule has 4 rings (SSSR count). The van der Waals surface area contributed by atoms with E-state index >= 15 is 0 Å². The molecular formula is C24H18F4N4O4. The molecule has 1 amide bonds. The van der Waals surface area contributed by atoms with Gasteiger partial charge in [-0.15, -0.1) is 0 Å². The minimum Gasteiger partial charge on any atom is -0.508 e. The molecule has 0 saturated carbocycles. The summed E-state index contributed by atoms with van der Waals surface area (Å²) in [5, 5.41) is 18.6. The van der Waals surface area contributed by atoms with Crippen LogP contribution in [0.15, 0.2) is 65.2 Å². The molecule has 36 heavy (non-hydrogen) atoms. The lowest BCUT2D eigenvalue weighted by Crippen LogP contribution is -2.14. The number of aromatic hydroxyl groups is 1. The molecule has 0 spiro atoms. The number of halogens is 4. The Kier molecular flexibility index (Phi) is 6.77. The summed E-state index contributed by atoms with van der Waals surface area (Å²) in [7, 11) is 1.62. The minimum atomic E-state index is -4.74. The van der Waals surface area contributed by atoms with Crippen molar-refractivity contribution in [3.8, 4) is 23.0 Å². The summed E-state index contributed by atoms with van der Waals surface area (Å²) in [6.07, 6.45) is -4.74. The van der Waals surface area contributed by atoms with Crippen molar-refractivity contribution in [2.75, 3.05) is 17.7 Å². The van der Waals surface area contributed by atoms with E-state index in [9.17, 15) is 27.5 Å². The van der Waals surface area contributed by atoms with E-state index in [0.717, 1.165) is 6.07 Å². The van der Waals surface area contributed by atoms with Gasteiger partial charge in [-0.25, -0.2) is 4.39 Å². The first kappa shape index (κ1) is 24.5. The maximum absolute atomic E-state index is 13.7. The van der Waals surface area contributed by atoms with Crippen LogP contribution in [-0.4, -0.2) is 28.2 Å². The second-order valence-electron chi connectivity index (χ2n) is 7.49. The number of amides is 1. The van der Waals surface area contributed by atoms with Gasteiger partial charge in [0, 0.05) is 24.4 Å². The van der Waals surface area contributed by atoms with Gasteiger partial charge >= 0.3 is 6.18 Å². The van der Waals surface area contributed by atoms with Crippen molar-refractivity contribution in [2.24, 2.45) is 0 Å². The van der Waals surface area contributed by atoms with Gasteiger partial charge in [-0.05, 0) is 54.6 Å². The molecule has 0 aliphatic carbocycles. The molecule has 0 unspecified atom stereocenters. The van der Waals surface area contributed by atoms with Crippen LogP contribution in [-0.2, 0) is 12.8 Å². The molecule has 3 N–H and O–H groups in total. The Morgan fingerprint density at radius 3 is 2.53 bits per heavy atom. The number of rotatable bonds is 7. The molecule has 0 saturated heterocycles. The zero-order valence-corrected chi connectivity index (χ0v) is 18.6. The van der Waals surface area contributed by atoms with Crippen molar-refractivity contribution in [1.29, 1.82) is 0 Å². The van der Waals surface area contributed by atoms with Gasteiger partial charge in [0.25, 0.3) is 11.8 Å². The molecule has 0 aliphatic heterocycles. The van der Waals surface area contributed by atoms with E-state index in [-0.39, 0.29) is 29.6 Å². The summed E-state index contributed by atoms with van der Waals surface area (Å²) in [5.74, 6) is -1.35. The van der Waals surface area contributed by atoms with Crippen LogP contribution < -0.4 is 15.4 Å². The zero-order chi connectivity index (χ0) is 25.9. The highest BCUT2D eigenvalue weighted by atomic mass is 19.4. The number of hydrogen-bond acceptors (Lipinski definition) is 7. The number of aromatic nitrogens is 2. The molecular weight excluding hydrogens is 484 g/mol. The third kappa shape index (κ3) is 5.71. The molecule has 0 atom stereocenters. The van der Waals surface area contributed by atoms with Gasteiger partial charge in [-0.2, -0.15) is 18.2 Å². The van der Waals surface area contributed by atoms with Crippen LogP contribution in [0.3, 0.4) is 0 Å². The second kappa shape index (κ2) is 9.94. The summed E-state index contributed by atoms with van der Waals surface area (Å²) >= 11 is 0. The average Bonchev–Trinajstić information content (AvgIpc) is 3.32. The largest absolute Gasteiger partial charge is 0.508 e. The van der Waals surface area contributed by atoms with E-state index in [0.29, 0.717) is 34.8 Å². The number of nitrogens with zero attached hydrogens (tertiary/aromatic N) is 2. The van der Waals surface area contributed by atoms with Crippen LogP contribution in [0.5, 0.6) is 11.5 Å². The summed E-state index contributed by atoms with van der Waals surface area (Å²) in [5.41, 5.74) is -0.123. The van der Waals surface area contributed by atoms with Crippen LogP contribution >= 0.6 is 0 Å². The van der Waals surface area contributed by atoms with Crippen molar-refractivity contribution in [3.63, 3.8) is 0 Å². The highest BCUT2D eigenvalue weighted by molar-refractivity contribution is 6.08. The number of benzene rings is 3. The van der Waals surface area contributed by atoms with E-state index in [1.807, 2.05) is 0 Å². The topological polar surface area (TPSA) is 110 Å². The first-order chi connectivity index (χ1) is 17.1. The maximum Gasteiger partial charge on any atom is 0.416 e. The Hall–Kier alpha value is -4.61. The predicted octanol–water partition coefficient (Wildman–Crippen LogP) is 5.47. The van der Waals surface area contributed by atoms with Crippen molar-refractivity contribution in [2.45, 2.75) is 12.8 Å². The fourth-order valence-corrected chi connectivity index (χ4v) is 3.22. The van der Waals surface area contributed by atoms with Crippen LogP contribution in [0.2, 0.25) is 0 Å². The Labute approximate surface area is 201 Å². The molecule has 4 aromatic rings. The molecule has 0 aliphatic rings. The average molecular weight is 502 g/mol. The van der Waals surface area contributed by atoms with E-state index < -0.39 is 23.5 Å². The fourth-order valence-electron chi connectivity index (χ4n) is 3.22. The summed E-state index contributed by atoms with van der Waals surface area (Å²) in [6, 6.07) is 12.6. The molecule has 0 fully saturated rings. The number of alkyl halides is 3. The lowest BCUT2D eigenvalue weighted by Gasteiger charge is -2.12. The maximum atomic E-state index is 13.7. The van der Waals surface area contributed by atoms with Gasteiger partial charge in [0.15, 0.2) is 6.61 Å².